The summed E-state index contributed by atoms with van der Waals surface area (Å²) in [6, 6.07) is 12.3. The lowest BCUT2D eigenvalue weighted by Gasteiger charge is -2.25. The third-order valence-corrected chi connectivity index (χ3v) is 5.99. The fourth-order valence-corrected chi connectivity index (χ4v) is 4.28. The minimum atomic E-state index is -0.268. The van der Waals surface area contributed by atoms with E-state index in [1.807, 2.05) is 6.07 Å². The van der Waals surface area contributed by atoms with Crippen LogP contribution in [0.25, 0.3) is 22.2 Å². The molecule has 5 rings (SSSR count). The van der Waals surface area contributed by atoms with Crippen molar-refractivity contribution in [3.05, 3.63) is 69.1 Å². The van der Waals surface area contributed by atoms with Crippen molar-refractivity contribution in [1.29, 1.82) is 0 Å². The maximum atomic E-state index is 13.1. The molecule has 3 N–H and O–H groups in total. The Morgan fingerprint density at radius 3 is 2.73 bits per heavy atom. The van der Waals surface area contributed by atoms with Gasteiger partial charge in [-0.3, -0.25) is 9.36 Å². The van der Waals surface area contributed by atoms with E-state index in [0.29, 0.717) is 68.5 Å². The van der Waals surface area contributed by atoms with Gasteiger partial charge in [0.1, 0.15) is 18.4 Å². The lowest BCUT2D eigenvalue weighted by atomic mass is 10.1. The lowest BCUT2D eigenvalue weighted by molar-refractivity contribution is 0.0970. The summed E-state index contributed by atoms with van der Waals surface area (Å²) in [5.41, 5.74) is 7.43. The molecule has 0 saturated carbocycles. The number of pyridine rings is 1. The molecular formula is C23H19Cl2N5O3. The van der Waals surface area contributed by atoms with Crippen molar-refractivity contribution >= 4 is 45.9 Å². The van der Waals surface area contributed by atoms with E-state index in [9.17, 15) is 4.79 Å². The lowest BCUT2D eigenvalue weighted by Crippen LogP contribution is -2.35. The van der Waals surface area contributed by atoms with Gasteiger partial charge < -0.3 is 20.5 Å². The molecule has 0 aliphatic carbocycles. The molecule has 0 spiro atoms. The third kappa shape index (κ3) is 3.97. The Bertz CT molecular complexity index is 1420. The van der Waals surface area contributed by atoms with Crippen LogP contribution in [0.2, 0.25) is 10.0 Å². The molecule has 0 amide bonds. The molecule has 3 heterocycles. The van der Waals surface area contributed by atoms with E-state index in [4.69, 9.17) is 38.4 Å². The summed E-state index contributed by atoms with van der Waals surface area (Å²) in [5.74, 6) is 1.58. The van der Waals surface area contributed by atoms with Gasteiger partial charge in [0.15, 0.2) is 11.5 Å². The SMILES string of the molecule is Cn1c(=O)c(-c2c(Cl)cccc2Cl)cc2cnc(Nc3ccc4c(c3)OCC(CN)O4)nc21. The number of ether oxygens (including phenoxy) is 2. The highest BCUT2D eigenvalue weighted by Gasteiger charge is 2.20. The van der Waals surface area contributed by atoms with Crippen molar-refractivity contribution in [3.8, 4) is 22.6 Å². The minimum Gasteiger partial charge on any atom is -0.486 e. The third-order valence-electron chi connectivity index (χ3n) is 5.36. The number of fused-ring (bicyclic) bond motifs is 2. The number of hydrogen-bond acceptors (Lipinski definition) is 7. The van der Waals surface area contributed by atoms with Gasteiger partial charge in [0.05, 0.1) is 15.6 Å². The van der Waals surface area contributed by atoms with E-state index in [-0.39, 0.29) is 11.7 Å². The predicted molar refractivity (Wildman–Crippen MR) is 129 cm³/mol. The van der Waals surface area contributed by atoms with Crippen molar-refractivity contribution in [3.63, 3.8) is 0 Å². The zero-order chi connectivity index (χ0) is 23.1. The average molecular weight is 484 g/mol. The van der Waals surface area contributed by atoms with Gasteiger partial charge >= 0.3 is 0 Å². The topological polar surface area (TPSA) is 104 Å². The van der Waals surface area contributed by atoms with Crippen molar-refractivity contribution in [2.45, 2.75) is 6.10 Å². The molecule has 168 valence electrons. The number of benzene rings is 2. The molecule has 0 bridgehead atoms. The van der Waals surface area contributed by atoms with E-state index in [0.717, 1.165) is 0 Å². The van der Waals surface area contributed by atoms with E-state index in [1.54, 1.807) is 49.6 Å². The van der Waals surface area contributed by atoms with Crippen LogP contribution in [0.3, 0.4) is 0 Å². The largest absolute Gasteiger partial charge is 0.486 e. The normalized spacial score (nSPS) is 15.0. The van der Waals surface area contributed by atoms with Gasteiger partial charge in [-0.25, -0.2) is 4.98 Å². The molecule has 0 radical (unpaired) electrons. The second-order valence-corrected chi connectivity index (χ2v) is 8.38. The molecule has 1 aliphatic heterocycles. The summed E-state index contributed by atoms with van der Waals surface area (Å²) in [7, 11) is 1.65. The molecule has 10 heteroatoms. The molecule has 2 aromatic carbocycles. The number of anilines is 2. The Balaban J connectivity index is 1.50. The number of hydrogen-bond donors (Lipinski definition) is 2. The van der Waals surface area contributed by atoms with Crippen LogP contribution in [0, 0.1) is 0 Å². The van der Waals surface area contributed by atoms with Crippen LogP contribution in [0.5, 0.6) is 11.5 Å². The summed E-state index contributed by atoms with van der Waals surface area (Å²) in [4.78, 5) is 22.0. The summed E-state index contributed by atoms with van der Waals surface area (Å²) < 4.78 is 13.0. The van der Waals surface area contributed by atoms with Crippen molar-refractivity contribution in [2.24, 2.45) is 12.8 Å². The predicted octanol–water partition coefficient (Wildman–Crippen LogP) is 4.14. The number of nitrogens with zero attached hydrogens (tertiary/aromatic N) is 3. The number of aryl methyl sites for hydroxylation is 1. The number of nitrogens with two attached hydrogens (primary N) is 1. The molecule has 8 nitrogen and oxygen atoms in total. The smallest absolute Gasteiger partial charge is 0.259 e. The van der Waals surface area contributed by atoms with Crippen LogP contribution < -0.4 is 26.1 Å². The molecule has 2 aromatic heterocycles. The van der Waals surface area contributed by atoms with Gasteiger partial charge in [0, 0.05) is 42.5 Å². The van der Waals surface area contributed by atoms with Gasteiger partial charge in [0.25, 0.3) is 5.56 Å². The van der Waals surface area contributed by atoms with Gasteiger partial charge in [0.2, 0.25) is 5.95 Å². The summed E-state index contributed by atoms with van der Waals surface area (Å²) >= 11 is 12.6. The van der Waals surface area contributed by atoms with Gasteiger partial charge in [-0.2, -0.15) is 4.98 Å². The Morgan fingerprint density at radius 2 is 1.97 bits per heavy atom. The Kier molecular flexibility index (Phi) is 5.57. The van der Waals surface area contributed by atoms with Gasteiger partial charge in [-0.05, 0) is 30.3 Å². The number of halogens is 2. The van der Waals surface area contributed by atoms with E-state index >= 15 is 0 Å². The maximum absolute atomic E-state index is 13.1. The van der Waals surface area contributed by atoms with Crippen LogP contribution in [0.4, 0.5) is 11.6 Å². The first-order chi connectivity index (χ1) is 15.9. The van der Waals surface area contributed by atoms with E-state index in [1.165, 1.54) is 4.57 Å². The van der Waals surface area contributed by atoms with Crippen LogP contribution >= 0.6 is 23.2 Å². The van der Waals surface area contributed by atoms with E-state index < -0.39 is 0 Å². The first kappa shape index (κ1) is 21.5. The summed E-state index contributed by atoms with van der Waals surface area (Å²) in [6.45, 7) is 0.771. The molecule has 1 atom stereocenters. The van der Waals surface area contributed by atoms with Crippen molar-refractivity contribution in [2.75, 3.05) is 18.5 Å². The molecule has 0 saturated heterocycles. The molecule has 0 fully saturated rings. The molecule has 33 heavy (non-hydrogen) atoms. The highest BCUT2D eigenvalue weighted by Crippen LogP contribution is 2.35. The fourth-order valence-electron chi connectivity index (χ4n) is 3.68. The molecule has 1 aliphatic rings. The monoisotopic (exact) mass is 483 g/mol. The summed E-state index contributed by atoms with van der Waals surface area (Å²) in [5, 5.41) is 4.61. The van der Waals surface area contributed by atoms with Crippen LogP contribution in [-0.4, -0.2) is 33.8 Å². The Hall–Kier alpha value is -3.33. The minimum absolute atomic E-state index is 0.160. The highest BCUT2D eigenvalue weighted by atomic mass is 35.5. The van der Waals surface area contributed by atoms with Crippen molar-refractivity contribution in [1.82, 2.24) is 14.5 Å². The first-order valence-corrected chi connectivity index (χ1v) is 10.9. The fraction of sp³-hybridized carbons (Fsp3) is 0.174. The standard InChI is InChI=1S/C23H19Cl2N5O3/c1-30-21-12(7-15(22(30)31)20-16(24)3-2-4-17(20)25)10-27-23(29-21)28-13-5-6-18-19(8-13)32-11-14(9-26)33-18/h2-8,10,14H,9,11,26H2,1H3,(H,27,28,29). The number of aromatic nitrogens is 3. The zero-order valence-electron chi connectivity index (χ0n) is 17.5. The second kappa shape index (κ2) is 8.55. The number of nitrogens with one attached hydrogen (secondary N) is 1. The molecular weight excluding hydrogens is 465 g/mol. The highest BCUT2D eigenvalue weighted by molar-refractivity contribution is 6.39. The van der Waals surface area contributed by atoms with Gasteiger partial charge in [-0.1, -0.05) is 29.3 Å². The molecule has 4 aromatic rings. The molecule has 1 unspecified atom stereocenters. The van der Waals surface area contributed by atoms with Crippen LogP contribution in [0.15, 0.2) is 53.5 Å². The Labute approximate surface area is 198 Å². The average Bonchev–Trinajstić information content (AvgIpc) is 2.82. The van der Waals surface area contributed by atoms with Crippen LogP contribution in [-0.2, 0) is 7.05 Å². The van der Waals surface area contributed by atoms with Gasteiger partial charge in [-0.15, -0.1) is 0 Å². The van der Waals surface area contributed by atoms with E-state index in [2.05, 4.69) is 15.3 Å². The first-order valence-electron chi connectivity index (χ1n) is 10.2. The van der Waals surface area contributed by atoms with Crippen LogP contribution in [0.1, 0.15) is 0 Å². The zero-order valence-corrected chi connectivity index (χ0v) is 19.0. The summed E-state index contributed by atoms with van der Waals surface area (Å²) in [6.07, 6.45) is 1.48. The second-order valence-electron chi connectivity index (χ2n) is 7.56. The number of rotatable bonds is 4. The quantitative estimate of drug-likeness (QED) is 0.449. The van der Waals surface area contributed by atoms with Crippen molar-refractivity contribution < 1.29 is 9.47 Å². The maximum Gasteiger partial charge on any atom is 0.259 e. The Morgan fingerprint density at radius 1 is 1.18 bits per heavy atom.